The number of pyridine rings is 1. The van der Waals surface area contributed by atoms with Gasteiger partial charge in [-0.2, -0.15) is 0 Å². The Bertz CT molecular complexity index is 375. The topological polar surface area (TPSA) is 25.4 Å². The molecule has 16 heavy (non-hydrogen) atoms. The summed E-state index contributed by atoms with van der Waals surface area (Å²) < 4.78 is 6.79. The van der Waals surface area contributed by atoms with Crippen LogP contribution in [0.1, 0.15) is 6.42 Å². The third kappa shape index (κ3) is 3.21. The van der Waals surface area contributed by atoms with Crippen LogP contribution in [-0.2, 0) is 0 Å². The number of hydrogen-bond acceptors (Lipinski definition) is 3. The Balaban J connectivity index is 1.89. The van der Waals surface area contributed by atoms with Gasteiger partial charge in [-0.25, -0.2) is 4.98 Å². The fourth-order valence-electron chi connectivity index (χ4n) is 1.87. The van der Waals surface area contributed by atoms with Crippen molar-refractivity contribution < 1.29 is 4.74 Å². The lowest BCUT2D eigenvalue weighted by molar-refractivity contribution is 0.247. The summed E-state index contributed by atoms with van der Waals surface area (Å²) in [6.07, 6.45) is 2.91. The minimum Gasteiger partial charge on any atom is -0.491 e. The highest BCUT2D eigenvalue weighted by Gasteiger charge is 2.20. The van der Waals surface area contributed by atoms with Gasteiger partial charge in [-0.05, 0) is 48.7 Å². The van der Waals surface area contributed by atoms with Crippen molar-refractivity contribution in [3.05, 3.63) is 21.0 Å². The molecule has 0 bridgehead atoms. The van der Waals surface area contributed by atoms with E-state index in [1.807, 2.05) is 6.07 Å². The van der Waals surface area contributed by atoms with Gasteiger partial charge in [-0.3, -0.25) is 0 Å². The van der Waals surface area contributed by atoms with E-state index in [-0.39, 0.29) is 0 Å². The van der Waals surface area contributed by atoms with Crippen molar-refractivity contribution in [2.24, 2.45) is 5.92 Å². The Morgan fingerprint density at radius 3 is 3.12 bits per heavy atom. The molecule has 1 fully saturated rings. The lowest BCUT2D eigenvalue weighted by Gasteiger charge is -2.13. The molecule has 5 heteroatoms. The maximum absolute atomic E-state index is 5.79. The standard InChI is InChI=1S/C11H14ClIN2O/c1-15-3-2-8(6-15)7-16-10-5-14-11(12)4-9(10)13/h4-5,8H,2-3,6-7H2,1H3/t8-/m1/s1. The second-order valence-electron chi connectivity index (χ2n) is 4.17. The minimum atomic E-state index is 0.511. The van der Waals surface area contributed by atoms with E-state index in [0.29, 0.717) is 11.1 Å². The quantitative estimate of drug-likeness (QED) is 0.618. The van der Waals surface area contributed by atoms with Crippen LogP contribution in [0.3, 0.4) is 0 Å². The second-order valence-corrected chi connectivity index (χ2v) is 5.71. The van der Waals surface area contributed by atoms with Gasteiger partial charge in [-0.15, -0.1) is 0 Å². The maximum Gasteiger partial charge on any atom is 0.151 e. The van der Waals surface area contributed by atoms with Crippen molar-refractivity contribution >= 4 is 34.2 Å². The molecule has 1 aliphatic rings. The molecule has 0 spiro atoms. The van der Waals surface area contributed by atoms with Crippen LogP contribution >= 0.6 is 34.2 Å². The first-order chi connectivity index (χ1) is 7.65. The van der Waals surface area contributed by atoms with E-state index < -0.39 is 0 Å². The van der Waals surface area contributed by atoms with Gasteiger partial charge in [0.05, 0.1) is 16.4 Å². The number of nitrogens with zero attached hydrogens (tertiary/aromatic N) is 2. The molecule has 1 atom stereocenters. The van der Waals surface area contributed by atoms with Crippen LogP contribution in [-0.4, -0.2) is 36.6 Å². The van der Waals surface area contributed by atoms with E-state index >= 15 is 0 Å². The first-order valence-corrected chi connectivity index (χ1v) is 6.73. The summed E-state index contributed by atoms with van der Waals surface area (Å²) in [5.74, 6) is 1.47. The van der Waals surface area contributed by atoms with Crippen molar-refractivity contribution in [1.82, 2.24) is 9.88 Å². The van der Waals surface area contributed by atoms with Gasteiger partial charge in [0.15, 0.2) is 5.75 Å². The zero-order valence-corrected chi connectivity index (χ0v) is 12.0. The fraction of sp³-hybridized carbons (Fsp3) is 0.545. The molecule has 0 amide bonds. The van der Waals surface area contributed by atoms with E-state index in [0.717, 1.165) is 22.5 Å². The summed E-state index contributed by atoms with van der Waals surface area (Å²) in [6, 6.07) is 1.82. The third-order valence-electron chi connectivity index (χ3n) is 2.75. The average molecular weight is 353 g/mol. The summed E-state index contributed by atoms with van der Waals surface area (Å²) >= 11 is 8.00. The van der Waals surface area contributed by atoms with Gasteiger partial charge in [0.2, 0.25) is 0 Å². The van der Waals surface area contributed by atoms with Gasteiger partial charge < -0.3 is 9.64 Å². The maximum atomic E-state index is 5.79. The lowest BCUT2D eigenvalue weighted by atomic mass is 10.1. The molecule has 1 saturated heterocycles. The van der Waals surface area contributed by atoms with Crippen LogP contribution in [0, 0.1) is 9.49 Å². The molecular formula is C11H14ClIN2O. The van der Waals surface area contributed by atoms with Crippen molar-refractivity contribution in [2.75, 3.05) is 26.7 Å². The average Bonchev–Trinajstić information content (AvgIpc) is 2.63. The second kappa shape index (κ2) is 5.51. The molecule has 0 radical (unpaired) electrons. The largest absolute Gasteiger partial charge is 0.491 e. The number of aromatic nitrogens is 1. The van der Waals surface area contributed by atoms with E-state index in [2.05, 4.69) is 39.5 Å². The number of ether oxygens (including phenoxy) is 1. The van der Waals surface area contributed by atoms with Crippen LogP contribution in [0.15, 0.2) is 12.3 Å². The monoisotopic (exact) mass is 352 g/mol. The molecule has 3 nitrogen and oxygen atoms in total. The fourth-order valence-corrected chi connectivity index (χ4v) is 2.80. The highest BCUT2D eigenvalue weighted by Crippen LogP contribution is 2.24. The Labute approximate surface area is 114 Å². The van der Waals surface area contributed by atoms with Gasteiger partial charge in [0.25, 0.3) is 0 Å². The summed E-state index contributed by atoms with van der Waals surface area (Å²) in [4.78, 5) is 6.36. The van der Waals surface area contributed by atoms with E-state index in [4.69, 9.17) is 16.3 Å². The highest BCUT2D eigenvalue weighted by atomic mass is 127. The molecule has 0 N–H and O–H groups in total. The Morgan fingerprint density at radius 2 is 2.50 bits per heavy atom. The molecule has 1 aromatic rings. The first kappa shape index (κ1) is 12.4. The zero-order valence-electron chi connectivity index (χ0n) is 9.12. The summed E-state index contributed by atoms with van der Waals surface area (Å²) in [5, 5.41) is 0.511. The van der Waals surface area contributed by atoms with Crippen molar-refractivity contribution in [3.8, 4) is 5.75 Å². The predicted molar refractivity (Wildman–Crippen MR) is 73.1 cm³/mol. The number of halogens is 2. The van der Waals surface area contributed by atoms with Gasteiger partial charge in [-0.1, -0.05) is 11.6 Å². The Kier molecular flexibility index (Phi) is 4.27. The van der Waals surface area contributed by atoms with Crippen LogP contribution in [0.4, 0.5) is 0 Å². The lowest BCUT2D eigenvalue weighted by Crippen LogP contribution is -2.18. The highest BCUT2D eigenvalue weighted by molar-refractivity contribution is 14.1. The smallest absolute Gasteiger partial charge is 0.151 e. The first-order valence-electron chi connectivity index (χ1n) is 5.27. The van der Waals surface area contributed by atoms with E-state index in [9.17, 15) is 0 Å². The Morgan fingerprint density at radius 1 is 1.69 bits per heavy atom. The SMILES string of the molecule is CN1CC[C@@H](COc2cnc(Cl)cc2I)C1. The van der Waals surface area contributed by atoms with E-state index in [1.54, 1.807) is 6.20 Å². The van der Waals surface area contributed by atoms with Crippen molar-refractivity contribution in [3.63, 3.8) is 0 Å². The Hall–Kier alpha value is -0.0700. The van der Waals surface area contributed by atoms with Crippen molar-refractivity contribution in [2.45, 2.75) is 6.42 Å². The molecule has 2 heterocycles. The third-order valence-corrected chi connectivity index (χ3v) is 3.80. The molecule has 1 aromatic heterocycles. The van der Waals surface area contributed by atoms with Crippen LogP contribution < -0.4 is 4.74 Å². The molecule has 0 unspecified atom stereocenters. The van der Waals surface area contributed by atoms with Crippen LogP contribution in [0.25, 0.3) is 0 Å². The van der Waals surface area contributed by atoms with Gasteiger partial charge in [0, 0.05) is 12.5 Å². The summed E-state index contributed by atoms with van der Waals surface area (Å²) in [5.41, 5.74) is 0. The molecular weight excluding hydrogens is 338 g/mol. The normalized spacial score (nSPS) is 21.3. The summed E-state index contributed by atoms with van der Waals surface area (Å²) in [6.45, 7) is 3.06. The number of rotatable bonds is 3. The predicted octanol–water partition coefficient (Wildman–Crippen LogP) is 2.67. The minimum absolute atomic E-state index is 0.511. The van der Waals surface area contributed by atoms with Gasteiger partial charge in [0.1, 0.15) is 5.15 Å². The molecule has 1 aliphatic heterocycles. The zero-order chi connectivity index (χ0) is 11.5. The summed E-state index contributed by atoms with van der Waals surface area (Å²) in [7, 11) is 2.15. The number of hydrogen-bond donors (Lipinski definition) is 0. The molecule has 0 aliphatic carbocycles. The van der Waals surface area contributed by atoms with Crippen molar-refractivity contribution in [1.29, 1.82) is 0 Å². The molecule has 88 valence electrons. The van der Waals surface area contributed by atoms with Crippen LogP contribution in [0.2, 0.25) is 5.15 Å². The van der Waals surface area contributed by atoms with Crippen LogP contribution in [0.5, 0.6) is 5.75 Å². The molecule has 0 aromatic carbocycles. The number of likely N-dealkylation sites (tertiary alicyclic amines) is 1. The molecule has 0 saturated carbocycles. The molecule has 2 rings (SSSR count). The van der Waals surface area contributed by atoms with Gasteiger partial charge >= 0.3 is 0 Å². The van der Waals surface area contributed by atoms with E-state index in [1.165, 1.54) is 13.0 Å².